The summed E-state index contributed by atoms with van der Waals surface area (Å²) in [5, 5.41) is 8.82. The van der Waals surface area contributed by atoms with Crippen LogP contribution < -0.4 is 10.6 Å². The minimum atomic E-state index is -0.249. The van der Waals surface area contributed by atoms with Gasteiger partial charge in [0.1, 0.15) is 0 Å². The summed E-state index contributed by atoms with van der Waals surface area (Å²) in [6.07, 6.45) is 0. The van der Waals surface area contributed by atoms with Crippen molar-refractivity contribution in [2.75, 3.05) is 10.6 Å². The fourth-order valence-corrected chi connectivity index (χ4v) is 3.00. The number of urea groups is 1. The summed E-state index contributed by atoms with van der Waals surface area (Å²) < 4.78 is 0. The van der Waals surface area contributed by atoms with E-state index in [0.29, 0.717) is 0 Å². The Morgan fingerprint density at radius 1 is 1.00 bits per heavy atom. The molecule has 1 aromatic heterocycles. The fourth-order valence-electron chi connectivity index (χ4n) is 2.38. The second-order valence-electron chi connectivity index (χ2n) is 5.73. The van der Waals surface area contributed by atoms with Crippen LogP contribution in [0.1, 0.15) is 16.1 Å². The molecular weight excluding hydrogens is 318 g/mol. The smallest absolute Gasteiger partial charge is 0.308 e. The van der Waals surface area contributed by atoms with Gasteiger partial charge in [-0.25, -0.2) is 9.78 Å². The first-order valence-corrected chi connectivity index (χ1v) is 8.57. The summed E-state index contributed by atoms with van der Waals surface area (Å²) in [6.45, 7) is 5.96. The van der Waals surface area contributed by atoms with Gasteiger partial charge in [-0.15, -0.1) is 11.3 Å². The Labute approximate surface area is 145 Å². The maximum Gasteiger partial charge on any atom is 0.323 e. The SMILES string of the molecule is Cc1ccc(C)c(NC(=O)Nc2ccc(-c3csc(C)n3)cc2)c1. The minimum absolute atomic E-state index is 0.249. The Kier molecular flexibility index (Phi) is 4.62. The molecule has 0 spiro atoms. The number of carbonyl (C=O) groups excluding carboxylic acids is 1. The normalized spacial score (nSPS) is 10.5. The Hall–Kier alpha value is -2.66. The first kappa shape index (κ1) is 16.2. The van der Waals surface area contributed by atoms with Gasteiger partial charge in [0.25, 0.3) is 0 Å². The molecule has 4 nitrogen and oxygen atoms in total. The van der Waals surface area contributed by atoms with Gasteiger partial charge in [0.15, 0.2) is 0 Å². The number of anilines is 2. The number of hydrogen-bond acceptors (Lipinski definition) is 3. The Morgan fingerprint density at radius 2 is 1.75 bits per heavy atom. The van der Waals surface area contributed by atoms with Gasteiger partial charge in [0.05, 0.1) is 10.7 Å². The van der Waals surface area contributed by atoms with E-state index in [4.69, 9.17) is 0 Å². The summed E-state index contributed by atoms with van der Waals surface area (Å²) in [4.78, 5) is 16.6. The molecular formula is C19H19N3OS. The summed E-state index contributed by atoms with van der Waals surface area (Å²) in [5.41, 5.74) is 5.71. The van der Waals surface area contributed by atoms with Crippen LogP contribution >= 0.6 is 11.3 Å². The molecule has 0 aliphatic rings. The minimum Gasteiger partial charge on any atom is -0.308 e. The van der Waals surface area contributed by atoms with Gasteiger partial charge < -0.3 is 10.6 Å². The predicted molar refractivity (Wildman–Crippen MR) is 101 cm³/mol. The number of aromatic nitrogens is 1. The van der Waals surface area contributed by atoms with Crippen molar-refractivity contribution in [2.24, 2.45) is 0 Å². The topological polar surface area (TPSA) is 54.0 Å². The Morgan fingerprint density at radius 3 is 2.42 bits per heavy atom. The van der Waals surface area contributed by atoms with Crippen LogP contribution in [0.15, 0.2) is 47.8 Å². The highest BCUT2D eigenvalue weighted by molar-refractivity contribution is 7.09. The molecule has 2 N–H and O–H groups in total. The number of benzene rings is 2. The van der Waals surface area contributed by atoms with Crippen molar-refractivity contribution in [2.45, 2.75) is 20.8 Å². The third-order valence-corrected chi connectivity index (χ3v) is 4.47. The highest BCUT2D eigenvalue weighted by atomic mass is 32.1. The van der Waals surface area contributed by atoms with Crippen LogP contribution in [0.4, 0.5) is 16.2 Å². The average molecular weight is 337 g/mol. The van der Waals surface area contributed by atoms with Crippen LogP contribution in [0.2, 0.25) is 0 Å². The number of hydrogen-bond donors (Lipinski definition) is 2. The molecule has 5 heteroatoms. The summed E-state index contributed by atoms with van der Waals surface area (Å²) >= 11 is 1.63. The van der Waals surface area contributed by atoms with E-state index in [1.165, 1.54) is 0 Å². The van der Waals surface area contributed by atoms with Crippen LogP contribution in [-0.2, 0) is 0 Å². The van der Waals surface area contributed by atoms with Gasteiger partial charge in [0, 0.05) is 22.3 Å². The number of thiazole rings is 1. The second-order valence-corrected chi connectivity index (χ2v) is 6.79. The molecule has 3 rings (SSSR count). The first-order chi connectivity index (χ1) is 11.5. The highest BCUT2D eigenvalue weighted by Crippen LogP contribution is 2.23. The molecule has 0 bridgehead atoms. The van der Waals surface area contributed by atoms with Gasteiger partial charge in [-0.3, -0.25) is 0 Å². The molecule has 0 fully saturated rings. The molecule has 0 radical (unpaired) electrons. The third kappa shape index (κ3) is 3.81. The molecule has 0 atom stereocenters. The summed E-state index contributed by atoms with van der Waals surface area (Å²) in [7, 11) is 0. The lowest BCUT2D eigenvalue weighted by Crippen LogP contribution is -2.20. The quantitative estimate of drug-likeness (QED) is 0.674. The number of aryl methyl sites for hydroxylation is 3. The van der Waals surface area contributed by atoms with E-state index in [-0.39, 0.29) is 6.03 Å². The zero-order chi connectivity index (χ0) is 17.1. The van der Waals surface area contributed by atoms with Gasteiger partial charge in [-0.05, 0) is 50.1 Å². The number of nitrogens with one attached hydrogen (secondary N) is 2. The zero-order valence-electron chi connectivity index (χ0n) is 13.9. The van der Waals surface area contributed by atoms with Gasteiger partial charge in [0.2, 0.25) is 0 Å². The molecule has 3 aromatic rings. The van der Waals surface area contributed by atoms with E-state index < -0.39 is 0 Å². The molecule has 0 saturated heterocycles. The molecule has 2 amide bonds. The maximum absolute atomic E-state index is 12.2. The van der Waals surface area contributed by atoms with Gasteiger partial charge in [-0.1, -0.05) is 24.3 Å². The number of carbonyl (C=O) groups is 1. The number of rotatable bonds is 3. The van der Waals surface area contributed by atoms with E-state index in [0.717, 1.165) is 38.8 Å². The molecule has 24 heavy (non-hydrogen) atoms. The van der Waals surface area contributed by atoms with Crippen LogP contribution in [-0.4, -0.2) is 11.0 Å². The molecule has 0 saturated carbocycles. The number of nitrogens with zero attached hydrogens (tertiary/aromatic N) is 1. The standard InChI is InChI=1S/C19H19N3OS/c1-12-4-5-13(2)17(10-12)22-19(23)21-16-8-6-15(7-9-16)18-11-24-14(3)20-18/h4-11H,1-3H3,(H2,21,22,23). The van der Waals surface area contributed by atoms with E-state index in [2.05, 4.69) is 15.6 Å². The predicted octanol–water partition coefficient (Wildman–Crippen LogP) is 5.38. The lowest BCUT2D eigenvalue weighted by molar-refractivity contribution is 0.262. The van der Waals surface area contributed by atoms with Crippen molar-refractivity contribution in [1.82, 2.24) is 4.98 Å². The van der Waals surface area contributed by atoms with Crippen molar-refractivity contribution < 1.29 is 4.79 Å². The largest absolute Gasteiger partial charge is 0.323 e. The van der Waals surface area contributed by atoms with E-state index >= 15 is 0 Å². The lowest BCUT2D eigenvalue weighted by atomic mass is 10.1. The fraction of sp³-hybridized carbons (Fsp3) is 0.158. The summed E-state index contributed by atoms with van der Waals surface area (Å²) in [5.74, 6) is 0. The maximum atomic E-state index is 12.2. The molecule has 2 aromatic carbocycles. The molecule has 0 aliphatic carbocycles. The second kappa shape index (κ2) is 6.84. The van der Waals surface area contributed by atoms with Crippen molar-refractivity contribution in [1.29, 1.82) is 0 Å². The van der Waals surface area contributed by atoms with Crippen LogP contribution in [0, 0.1) is 20.8 Å². The van der Waals surface area contributed by atoms with Crippen molar-refractivity contribution in [3.63, 3.8) is 0 Å². The van der Waals surface area contributed by atoms with Gasteiger partial charge >= 0.3 is 6.03 Å². The van der Waals surface area contributed by atoms with Crippen molar-refractivity contribution >= 4 is 28.7 Å². The monoisotopic (exact) mass is 337 g/mol. The molecule has 0 aliphatic heterocycles. The van der Waals surface area contributed by atoms with Crippen LogP contribution in [0.3, 0.4) is 0 Å². The Bertz CT molecular complexity index is 869. The Balaban J connectivity index is 1.67. The molecule has 122 valence electrons. The molecule has 0 unspecified atom stereocenters. The number of amides is 2. The van der Waals surface area contributed by atoms with E-state index in [1.54, 1.807) is 11.3 Å². The highest BCUT2D eigenvalue weighted by Gasteiger charge is 2.06. The first-order valence-electron chi connectivity index (χ1n) is 7.69. The third-order valence-electron chi connectivity index (χ3n) is 3.70. The van der Waals surface area contributed by atoms with Crippen molar-refractivity contribution in [3.8, 4) is 11.3 Å². The van der Waals surface area contributed by atoms with Crippen LogP contribution in [0.5, 0.6) is 0 Å². The van der Waals surface area contributed by atoms with Crippen LogP contribution in [0.25, 0.3) is 11.3 Å². The van der Waals surface area contributed by atoms with Crippen molar-refractivity contribution in [3.05, 3.63) is 64.0 Å². The summed E-state index contributed by atoms with van der Waals surface area (Å²) in [6, 6.07) is 13.4. The molecule has 1 heterocycles. The van der Waals surface area contributed by atoms with E-state index in [1.807, 2.05) is 68.6 Å². The lowest BCUT2D eigenvalue weighted by Gasteiger charge is -2.11. The zero-order valence-corrected chi connectivity index (χ0v) is 14.7. The van der Waals surface area contributed by atoms with E-state index in [9.17, 15) is 4.79 Å². The van der Waals surface area contributed by atoms with Gasteiger partial charge in [-0.2, -0.15) is 0 Å². The average Bonchev–Trinajstić information content (AvgIpc) is 2.98.